The fourth-order valence-corrected chi connectivity index (χ4v) is 3.59. The van der Waals surface area contributed by atoms with Crippen LogP contribution in [0, 0.1) is 5.92 Å². The van der Waals surface area contributed by atoms with Gasteiger partial charge in [-0.25, -0.2) is 0 Å². The molecule has 0 spiro atoms. The first kappa shape index (κ1) is 10.4. The Labute approximate surface area is 87.4 Å². The molecule has 0 aromatic rings. The summed E-state index contributed by atoms with van der Waals surface area (Å²) in [4.78, 5) is 0. The van der Waals surface area contributed by atoms with Crippen LogP contribution in [0.15, 0.2) is 0 Å². The minimum Gasteiger partial charge on any atom is -0.378 e. The minimum atomic E-state index is 0.206. The Morgan fingerprint density at radius 3 is 2.29 bits per heavy atom. The summed E-state index contributed by atoms with van der Waals surface area (Å²) < 4.78 is 5.86. The Morgan fingerprint density at radius 1 is 1.21 bits per heavy atom. The Bertz CT molecular complexity index is 198. The normalized spacial score (nSPS) is 41.8. The molecule has 2 aliphatic rings. The number of ether oxygens (including phenoxy) is 1. The van der Waals surface area contributed by atoms with Gasteiger partial charge in [-0.3, -0.25) is 0 Å². The molecule has 82 valence electrons. The SMILES string of the molecule is COC1(C2CC(C)NC2C)CCCC1. The van der Waals surface area contributed by atoms with Crippen LogP contribution in [0.3, 0.4) is 0 Å². The zero-order valence-electron chi connectivity index (χ0n) is 9.68. The molecule has 1 aliphatic carbocycles. The molecule has 3 atom stereocenters. The molecule has 0 bridgehead atoms. The van der Waals surface area contributed by atoms with Gasteiger partial charge in [-0.15, -0.1) is 0 Å². The average molecular weight is 197 g/mol. The molecular formula is C12H23NO. The smallest absolute Gasteiger partial charge is 0.0722 e. The number of rotatable bonds is 2. The third-order valence-corrected chi connectivity index (χ3v) is 4.29. The van der Waals surface area contributed by atoms with E-state index in [2.05, 4.69) is 19.2 Å². The van der Waals surface area contributed by atoms with Gasteiger partial charge in [0.2, 0.25) is 0 Å². The van der Waals surface area contributed by atoms with E-state index in [0.29, 0.717) is 12.1 Å². The Kier molecular flexibility index (Phi) is 2.85. The van der Waals surface area contributed by atoms with Crippen LogP contribution in [0.2, 0.25) is 0 Å². The molecule has 1 saturated heterocycles. The second-order valence-corrected chi connectivity index (χ2v) is 5.17. The van der Waals surface area contributed by atoms with Crippen LogP contribution in [-0.4, -0.2) is 24.8 Å². The predicted octanol–water partition coefficient (Wildman–Crippen LogP) is 2.33. The van der Waals surface area contributed by atoms with Crippen molar-refractivity contribution < 1.29 is 4.74 Å². The molecule has 1 saturated carbocycles. The zero-order valence-corrected chi connectivity index (χ0v) is 9.68. The van der Waals surface area contributed by atoms with Gasteiger partial charge in [0.25, 0.3) is 0 Å². The zero-order chi connectivity index (χ0) is 10.2. The number of hydrogen-bond acceptors (Lipinski definition) is 2. The van der Waals surface area contributed by atoms with E-state index >= 15 is 0 Å². The van der Waals surface area contributed by atoms with E-state index in [1.807, 2.05) is 7.11 Å². The number of nitrogens with one attached hydrogen (secondary N) is 1. The van der Waals surface area contributed by atoms with Gasteiger partial charge in [-0.2, -0.15) is 0 Å². The maximum absolute atomic E-state index is 5.86. The van der Waals surface area contributed by atoms with Crippen LogP contribution >= 0.6 is 0 Å². The molecule has 2 nitrogen and oxygen atoms in total. The number of methoxy groups -OCH3 is 1. The maximum atomic E-state index is 5.86. The van der Waals surface area contributed by atoms with Crippen LogP contribution in [0.25, 0.3) is 0 Å². The van der Waals surface area contributed by atoms with Crippen LogP contribution in [0.4, 0.5) is 0 Å². The summed E-state index contributed by atoms with van der Waals surface area (Å²) >= 11 is 0. The largest absolute Gasteiger partial charge is 0.378 e. The van der Waals surface area contributed by atoms with Crippen LogP contribution < -0.4 is 5.32 Å². The summed E-state index contributed by atoms with van der Waals surface area (Å²) in [5.74, 6) is 0.727. The first-order valence-electron chi connectivity index (χ1n) is 5.99. The van der Waals surface area contributed by atoms with Crippen LogP contribution in [0.1, 0.15) is 46.0 Å². The third-order valence-electron chi connectivity index (χ3n) is 4.29. The second-order valence-electron chi connectivity index (χ2n) is 5.17. The Hall–Kier alpha value is -0.0800. The van der Waals surface area contributed by atoms with Crippen molar-refractivity contribution >= 4 is 0 Å². The Balaban J connectivity index is 2.11. The highest BCUT2D eigenvalue weighted by atomic mass is 16.5. The summed E-state index contributed by atoms with van der Waals surface area (Å²) in [6.45, 7) is 4.60. The Morgan fingerprint density at radius 2 is 1.86 bits per heavy atom. The van der Waals surface area contributed by atoms with E-state index in [0.717, 1.165) is 5.92 Å². The lowest BCUT2D eigenvalue weighted by atomic mass is 9.80. The third kappa shape index (κ3) is 1.59. The van der Waals surface area contributed by atoms with Crippen LogP contribution in [-0.2, 0) is 4.74 Å². The molecule has 2 heteroatoms. The van der Waals surface area contributed by atoms with Crippen molar-refractivity contribution in [2.75, 3.05) is 7.11 Å². The van der Waals surface area contributed by atoms with Crippen molar-refractivity contribution in [1.29, 1.82) is 0 Å². The summed E-state index contributed by atoms with van der Waals surface area (Å²) in [5, 5.41) is 3.62. The lowest BCUT2D eigenvalue weighted by Gasteiger charge is -2.36. The van der Waals surface area contributed by atoms with E-state index < -0.39 is 0 Å². The highest BCUT2D eigenvalue weighted by molar-refractivity contribution is 5.01. The van der Waals surface area contributed by atoms with Crippen molar-refractivity contribution in [1.82, 2.24) is 5.32 Å². The van der Waals surface area contributed by atoms with Crippen molar-refractivity contribution in [3.05, 3.63) is 0 Å². The topological polar surface area (TPSA) is 21.3 Å². The molecule has 1 heterocycles. The predicted molar refractivity (Wildman–Crippen MR) is 58.4 cm³/mol. The van der Waals surface area contributed by atoms with Gasteiger partial charge in [0.1, 0.15) is 0 Å². The van der Waals surface area contributed by atoms with Gasteiger partial charge in [0.05, 0.1) is 5.60 Å². The van der Waals surface area contributed by atoms with Crippen molar-refractivity contribution in [2.24, 2.45) is 5.92 Å². The monoisotopic (exact) mass is 197 g/mol. The fourth-order valence-electron chi connectivity index (χ4n) is 3.59. The fraction of sp³-hybridized carbons (Fsp3) is 1.00. The van der Waals surface area contributed by atoms with Gasteiger partial charge in [0.15, 0.2) is 0 Å². The van der Waals surface area contributed by atoms with E-state index in [1.54, 1.807) is 0 Å². The van der Waals surface area contributed by atoms with Gasteiger partial charge in [-0.1, -0.05) is 12.8 Å². The highest BCUT2D eigenvalue weighted by Gasteiger charge is 2.47. The molecule has 2 fully saturated rings. The lowest BCUT2D eigenvalue weighted by Crippen LogP contribution is -2.42. The molecule has 0 aromatic carbocycles. The second kappa shape index (κ2) is 3.82. The molecular weight excluding hydrogens is 174 g/mol. The summed E-state index contributed by atoms with van der Waals surface area (Å²) in [6.07, 6.45) is 6.53. The first-order chi connectivity index (χ1) is 6.68. The van der Waals surface area contributed by atoms with E-state index in [4.69, 9.17) is 4.74 Å². The molecule has 2 rings (SSSR count). The molecule has 1 aliphatic heterocycles. The summed E-state index contributed by atoms with van der Waals surface area (Å²) in [5.41, 5.74) is 0.206. The quantitative estimate of drug-likeness (QED) is 0.733. The highest BCUT2D eigenvalue weighted by Crippen LogP contribution is 2.44. The number of hydrogen-bond donors (Lipinski definition) is 1. The maximum Gasteiger partial charge on any atom is 0.0722 e. The van der Waals surface area contributed by atoms with Gasteiger partial charge >= 0.3 is 0 Å². The van der Waals surface area contributed by atoms with Crippen LogP contribution in [0.5, 0.6) is 0 Å². The van der Waals surface area contributed by atoms with Crippen molar-refractivity contribution in [3.8, 4) is 0 Å². The van der Waals surface area contributed by atoms with Gasteiger partial charge < -0.3 is 10.1 Å². The van der Waals surface area contributed by atoms with E-state index in [9.17, 15) is 0 Å². The summed E-state index contributed by atoms with van der Waals surface area (Å²) in [7, 11) is 1.90. The van der Waals surface area contributed by atoms with Gasteiger partial charge in [0, 0.05) is 25.1 Å². The average Bonchev–Trinajstić information content (AvgIpc) is 2.73. The van der Waals surface area contributed by atoms with E-state index in [1.165, 1.54) is 32.1 Å². The molecule has 1 N–H and O–H groups in total. The standard InChI is InChI=1S/C12H23NO/c1-9-8-11(10(2)13-9)12(14-3)6-4-5-7-12/h9-11,13H,4-8H2,1-3H3. The molecule has 0 aromatic heterocycles. The minimum absolute atomic E-state index is 0.206. The van der Waals surface area contributed by atoms with E-state index in [-0.39, 0.29) is 5.60 Å². The molecule has 0 amide bonds. The first-order valence-corrected chi connectivity index (χ1v) is 5.99. The van der Waals surface area contributed by atoms with Crippen molar-refractivity contribution in [3.63, 3.8) is 0 Å². The molecule has 14 heavy (non-hydrogen) atoms. The summed E-state index contributed by atoms with van der Waals surface area (Å²) in [6, 6.07) is 1.30. The van der Waals surface area contributed by atoms with Crippen molar-refractivity contribution in [2.45, 2.75) is 63.6 Å². The molecule has 3 unspecified atom stereocenters. The lowest BCUT2D eigenvalue weighted by molar-refractivity contribution is -0.0556. The van der Waals surface area contributed by atoms with Gasteiger partial charge in [-0.05, 0) is 33.1 Å². The molecule has 0 radical (unpaired) electrons.